The average molecular weight is 466 g/mol. The molecule has 1 heterocycles. The van der Waals surface area contributed by atoms with Crippen LogP contribution in [0.25, 0.3) is 11.0 Å². The van der Waals surface area contributed by atoms with Gasteiger partial charge in [-0.1, -0.05) is 66.7 Å². The van der Waals surface area contributed by atoms with Crippen LogP contribution in [-0.4, -0.2) is 15.7 Å². The summed E-state index contributed by atoms with van der Waals surface area (Å²) in [6.45, 7) is 1.80. The highest BCUT2D eigenvalue weighted by Crippen LogP contribution is 2.19. The third kappa shape index (κ3) is 5.19. The molecule has 4 aromatic carbocycles. The second kappa shape index (κ2) is 10.4. The van der Waals surface area contributed by atoms with Crippen LogP contribution in [0.2, 0.25) is 0 Å². The number of hydrogen-bond acceptors (Lipinski definition) is 2. The molecule has 0 aliphatic rings. The number of aryl methyl sites for hydroxylation is 1. The lowest BCUT2D eigenvalue weighted by atomic mass is 10.00. The van der Waals surface area contributed by atoms with Crippen molar-refractivity contribution in [1.29, 1.82) is 5.41 Å². The lowest BCUT2D eigenvalue weighted by molar-refractivity contribution is 0.300. The third-order valence-corrected chi connectivity index (χ3v) is 6.27. The maximum atomic E-state index is 13.1. The first-order valence-electron chi connectivity index (χ1n) is 11.9. The Labute approximate surface area is 204 Å². The quantitative estimate of drug-likeness (QED) is 0.260. The first-order chi connectivity index (χ1) is 17.2. The third-order valence-electron chi connectivity index (χ3n) is 6.27. The first kappa shape index (κ1) is 22.7. The molecule has 0 spiro atoms. The molecule has 0 saturated heterocycles. The van der Waals surface area contributed by atoms with Gasteiger partial charge in [0.25, 0.3) is 0 Å². The molecule has 4 nitrogen and oxygen atoms in total. The van der Waals surface area contributed by atoms with Crippen molar-refractivity contribution in [3.8, 4) is 5.75 Å². The summed E-state index contributed by atoms with van der Waals surface area (Å²) in [6.07, 6.45) is 1.61. The number of fused-ring (bicyclic) bond motifs is 1. The van der Waals surface area contributed by atoms with Crippen molar-refractivity contribution in [3.05, 3.63) is 131 Å². The minimum Gasteiger partial charge on any atom is -0.494 e. The summed E-state index contributed by atoms with van der Waals surface area (Å²) >= 11 is 0. The zero-order valence-corrected chi connectivity index (χ0v) is 19.5. The number of imidazole rings is 1. The van der Waals surface area contributed by atoms with Crippen molar-refractivity contribution in [3.63, 3.8) is 0 Å². The molecule has 0 radical (unpaired) electrons. The fourth-order valence-corrected chi connectivity index (χ4v) is 4.49. The molecule has 1 N–H and O–H groups in total. The Morgan fingerprint density at radius 1 is 0.686 bits per heavy atom. The van der Waals surface area contributed by atoms with Crippen molar-refractivity contribution >= 4 is 11.0 Å². The summed E-state index contributed by atoms with van der Waals surface area (Å²) in [5.41, 5.74) is 6.33. The topological polar surface area (TPSA) is 42.9 Å². The van der Waals surface area contributed by atoms with E-state index in [-0.39, 0.29) is 5.82 Å². The molecular weight excluding hydrogens is 437 g/mol. The molecule has 35 heavy (non-hydrogen) atoms. The molecule has 1 aromatic heterocycles. The van der Waals surface area contributed by atoms with Gasteiger partial charge in [0.05, 0.1) is 24.2 Å². The molecule has 0 aliphatic heterocycles. The highest BCUT2D eigenvalue weighted by atomic mass is 19.1. The van der Waals surface area contributed by atoms with E-state index in [1.54, 1.807) is 12.1 Å². The summed E-state index contributed by atoms with van der Waals surface area (Å²) in [7, 11) is 0. The van der Waals surface area contributed by atoms with Crippen LogP contribution in [0.4, 0.5) is 4.39 Å². The number of para-hydroxylation sites is 2. The minimum absolute atomic E-state index is 0.273. The smallest absolute Gasteiger partial charge is 0.203 e. The molecule has 0 saturated carbocycles. The van der Waals surface area contributed by atoms with Crippen LogP contribution in [0, 0.1) is 11.2 Å². The zero-order chi connectivity index (χ0) is 24.0. The summed E-state index contributed by atoms with van der Waals surface area (Å²) < 4.78 is 23.0. The summed E-state index contributed by atoms with van der Waals surface area (Å²) in [4.78, 5) is 0. The Balaban J connectivity index is 1.37. The number of rotatable bonds is 9. The molecule has 0 atom stereocenters. The van der Waals surface area contributed by atoms with Crippen molar-refractivity contribution < 1.29 is 9.13 Å². The fraction of sp³-hybridized carbons (Fsp3) is 0.167. The Morgan fingerprint density at radius 3 is 2.06 bits per heavy atom. The molecule has 176 valence electrons. The van der Waals surface area contributed by atoms with Gasteiger partial charge in [-0.3, -0.25) is 5.41 Å². The highest BCUT2D eigenvalue weighted by molar-refractivity contribution is 5.76. The van der Waals surface area contributed by atoms with E-state index < -0.39 is 0 Å². The Kier molecular flexibility index (Phi) is 6.75. The molecule has 0 amide bonds. The van der Waals surface area contributed by atoms with Gasteiger partial charge in [-0.2, -0.15) is 0 Å². The molecule has 5 aromatic rings. The summed E-state index contributed by atoms with van der Waals surface area (Å²) in [5.74, 6) is 0.379. The monoisotopic (exact) mass is 465 g/mol. The number of nitrogens with one attached hydrogen (secondary N) is 1. The highest BCUT2D eigenvalue weighted by Gasteiger charge is 2.13. The van der Waals surface area contributed by atoms with Crippen LogP contribution >= 0.6 is 0 Å². The molecule has 0 aliphatic carbocycles. The maximum Gasteiger partial charge on any atom is 0.203 e. The van der Waals surface area contributed by atoms with E-state index in [2.05, 4.69) is 65.2 Å². The minimum atomic E-state index is -0.273. The van der Waals surface area contributed by atoms with Crippen LogP contribution in [0.5, 0.6) is 5.75 Å². The summed E-state index contributed by atoms with van der Waals surface area (Å²) in [6, 6.07) is 33.2. The molecule has 5 rings (SSSR count). The number of nitrogens with zero attached hydrogens (tertiary/aromatic N) is 2. The van der Waals surface area contributed by atoms with E-state index >= 15 is 0 Å². The van der Waals surface area contributed by atoms with Gasteiger partial charge in [-0.15, -0.1) is 0 Å². The van der Waals surface area contributed by atoms with Crippen LogP contribution in [-0.2, 0) is 19.5 Å². The van der Waals surface area contributed by atoms with Crippen LogP contribution in [0.1, 0.15) is 23.1 Å². The van der Waals surface area contributed by atoms with Crippen LogP contribution in [0.3, 0.4) is 0 Å². The Bertz CT molecular complexity index is 1470. The molecule has 5 heteroatoms. The second-order valence-electron chi connectivity index (χ2n) is 8.64. The van der Waals surface area contributed by atoms with Gasteiger partial charge in [0.1, 0.15) is 11.6 Å². The predicted molar refractivity (Wildman–Crippen MR) is 137 cm³/mol. The predicted octanol–water partition coefficient (Wildman–Crippen LogP) is 6.17. The number of ether oxygens (including phenoxy) is 1. The van der Waals surface area contributed by atoms with Crippen molar-refractivity contribution in [2.75, 3.05) is 6.61 Å². The van der Waals surface area contributed by atoms with Crippen LogP contribution in [0.15, 0.2) is 103 Å². The van der Waals surface area contributed by atoms with E-state index in [0.29, 0.717) is 31.1 Å². The molecule has 0 unspecified atom stereocenters. The molecule has 0 bridgehead atoms. The van der Waals surface area contributed by atoms with Gasteiger partial charge in [-0.25, -0.2) is 4.39 Å². The lowest BCUT2D eigenvalue weighted by Gasteiger charge is -2.11. The Hall–Kier alpha value is -4.12. The summed E-state index contributed by atoms with van der Waals surface area (Å²) in [5, 5.41) is 8.98. The first-order valence-corrected chi connectivity index (χ1v) is 11.9. The van der Waals surface area contributed by atoms with E-state index in [0.717, 1.165) is 23.9 Å². The van der Waals surface area contributed by atoms with E-state index in [1.165, 1.54) is 28.8 Å². The number of benzene rings is 4. The van der Waals surface area contributed by atoms with Crippen LogP contribution < -0.4 is 10.4 Å². The van der Waals surface area contributed by atoms with Crippen molar-refractivity contribution in [1.82, 2.24) is 9.13 Å². The zero-order valence-electron chi connectivity index (χ0n) is 19.5. The van der Waals surface area contributed by atoms with E-state index in [1.807, 2.05) is 22.8 Å². The number of halogens is 1. The maximum absolute atomic E-state index is 13.1. The normalized spacial score (nSPS) is 11.1. The lowest BCUT2D eigenvalue weighted by Crippen LogP contribution is -2.26. The Morgan fingerprint density at radius 2 is 1.31 bits per heavy atom. The van der Waals surface area contributed by atoms with Crippen molar-refractivity contribution in [2.24, 2.45) is 0 Å². The number of aromatic nitrogens is 2. The second-order valence-corrected chi connectivity index (χ2v) is 8.64. The van der Waals surface area contributed by atoms with E-state index in [4.69, 9.17) is 10.1 Å². The largest absolute Gasteiger partial charge is 0.494 e. The molecule has 0 fully saturated rings. The average Bonchev–Trinajstić information content (AvgIpc) is 3.15. The van der Waals surface area contributed by atoms with Gasteiger partial charge >= 0.3 is 0 Å². The standard InChI is InChI=1S/C30H28FN3O/c31-26-15-17-27(18-16-26)35-20-8-19-33-28-13-6-7-14-29(28)34(30(33)32)22-25-12-5-4-11-24(25)21-23-9-2-1-3-10-23/h1-7,9-18,32H,8,19-22H2. The number of hydrogen-bond donors (Lipinski definition) is 1. The fourth-order valence-electron chi connectivity index (χ4n) is 4.49. The molecular formula is C30H28FN3O. The van der Waals surface area contributed by atoms with Gasteiger partial charge < -0.3 is 13.9 Å². The van der Waals surface area contributed by atoms with Gasteiger partial charge in [0.15, 0.2) is 0 Å². The van der Waals surface area contributed by atoms with Gasteiger partial charge in [0, 0.05) is 6.54 Å². The van der Waals surface area contributed by atoms with Gasteiger partial charge in [0.2, 0.25) is 5.62 Å². The van der Waals surface area contributed by atoms with Crippen molar-refractivity contribution in [2.45, 2.75) is 25.9 Å². The SMILES string of the molecule is N=c1n(CCCOc2ccc(F)cc2)c2ccccc2n1Cc1ccccc1Cc1ccccc1. The van der Waals surface area contributed by atoms with Gasteiger partial charge in [-0.05, 0) is 65.9 Å². The van der Waals surface area contributed by atoms with E-state index in [9.17, 15) is 4.39 Å².